The molecule has 2 aromatic carbocycles. The van der Waals surface area contributed by atoms with Crippen LogP contribution in [0.2, 0.25) is 0 Å². The molecule has 0 aliphatic heterocycles. The van der Waals surface area contributed by atoms with Crippen LogP contribution in [0.25, 0.3) is 10.8 Å². The lowest BCUT2D eigenvalue weighted by atomic mass is 10.1. The SMILES string of the molecule is CCc1nccn1CCNC(=O)[C@H](C)Oc1ccc2ccccc2c1. The van der Waals surface area contributed by atoms with Crippen molar-refractivity contribution in [2.45, 2.75) is 32.9 Å². The molecule has 3 aromatic rings. The molecule has 1 N–H and O–H groups in total. The van der Waals surface area contributed by atoms with Crippen molar-refractivity contribution in [3.63, 3.8) is 0 Å². The minimum atomic E-state index is -0.547. The Labute approximate surface area is 147 Å². The third-order valence-corrected chi connectivity index (χ3v) is 4.17. The molecule has 0 spiro atoms. The Bertz CT molecular complexity index is 857. The maximum atomic E-state index is 12.2. The van der Waals surface area contributed by atoms with Crippen molar-refractivity contribution in [2.75, 3.05) is 6.54 Å². The van der Waals surface area contributed by atoms with E-state index in [4.69, 9.17) is 4.74 Å². The number of nitrogens with one attached hydrogen (secondary N) is 1. The van der Waals surface area contributed by atoms with E-state index >= 15 is 0 Å². The van der Waals surface area contributed by atoms with E-state index in [1.165, 1.54) is 0 Å². The molecule has 5 heteroatoms. The molecular weight excluding hydrogens is 314 g/mol. The summed E-state index contributed by atoms with van der Waals surface area (Å²) >= 11 is 0. The second kappa shape index (κ2) is 7.83. The van der Waals surface area contributed by atoms with Gasteiger partial charge in [-0.15, -0.1) is 0 Å². The van der Waals surface area contributed by atoms with Crippen molar-refractivity contribution in [2.24, 2.45) is 0 Å². The minimum absolute atomic E-state index is 0.119. The highest BCUT2D eigenvalue weighted by atomic mass is 16.5. The predicted octanol–water partition coefficient (Wildman–Crippen LogP) is 3.18. The monoisotopic (exact) mass is 337 g/mol. The fraction of sp³-hybridized carbons (Fsp3) is 0.300. The van der Waals surface area contributed by atoms with Crippen molar-refractivity contribution in [1.29, 1.82) is 0 Å². The molecule has 130 valence electrons. The molecule has 1 aromatic heterocycles. The summed E-state index contributed by atoms with van der Waals surface area (Å²) in [4.78, 5) is 16.5. The lowest BCUT2D eigenvalue weighted by Crippen LogP contribution is -2.38. The number of carbonyl (C=O) groups excluding carboxylic acids is 1. The quantitative estimate of drug-likeness (QED) is 0.720. The van der Waals surface area contributed by atoms with Crippen molar-refractivity contribution in [1.82, 2.24) is 14.9 Å². The number of nitrogens with zero attached hydrogens (tertiary/aromatic N) is 2. The van der Waals surface area contributed by atoms with E-state index in [0.29, 0.717) is 18.8 Å². The van der Waals surface area contributed by atoms with E-state index in [-0.39, 0.29) is 5.91 Å². The lowest BCUT2D eigenvalue weighted by molar-refractivity contribution is -0.127. The molecule has 0 radical (unpaired) electrons. The second-order valence-electron chi connectivity index (χ2n) is 5.95. The number of aromatic nitrogens is 2. The van der Waals surface area contributed by atoms with Crippen LogP contribution in [-0.2, 0) is 17.8 Å². The molecule has 1 atom stereocenters. The first kappa shape index (κ1) is 17.0. The number of amides is 1. The van der Waals surface area contributed by atoms with Crippen LogP contribution in [0, 0.1) is 0 Å². The maximum absolute atomic E-state index is 12.2. The van der Waals surface area contributed by atoms with Crippen molar-refractivity contribution in [3.05, 3.63) is 60.7 Å². The standard InChI is InChI=1S/C20H23N3O2/c1-3-19-21-10-12-23(19)13-11-22-20(24)15(2)25-18-9-8-16-6-4-5-7-17(16)14-18/h4-10,12,14-15H,3,11,13H2,1-2H3,(H,22,24)/t15-/m0/s1. The summed E-state index contributed by atoms with van der Waals surface area (Å²) in [5, 5.41) is 5.17. The number of carbonyl (C=O) groups is 1. The highest BCUT2D eigenvalue weighted by Gasteiger charge is 2.14. The van der Waals surface area contributed by atoms with Crippen LogP contribution >= 0.6 is 0 Å². The molecule has 25 heavy (non-hydrogen) atoms. The topological polar surface area (TPSA) is 56.2 Å². The molecule has 1 heterocycles. The zero-order valence-corrected chi connectivity index (χ0v) is 14.6. The van der Waals surface area contributed by atoms with Crippen molar-refractivity contribution >= 4 is 16.7 Å². The van der Waals surface area contributed by atoms with Crippen LogP contribution in [0.4, 0.5) is 0 Å². The number of ether oxygens (including phenoxy) is 1. The number of rotatable bonds is 7. The minimum Gasteiger partial charge on any atom is -0.481 e. The van der Waals surface area contributed by atoms with Gasteiger partial charge in [0.05, 0.1) is 0 Å². The van der Waals surface area contributed by atoms with Crippen LogP contribution in [0.5, 0.6) is 5.75 Å². The van der Waals surface area contributed by atoms with Gasteiger partial charge < -0.3 is 14.6 Å². The van der Waals surface area contributed by atoms with Gasteiger partial charge >= 0.3 is 0 Å². The molecule has 0 bridgehead atoms. The molecule has 0 fully saturated rings. The molecular formula is C20H23N3O2. The number of benzene rings is 2. The normalized spacial score (nSPS) is 12.1. The Morgan fingerprint density at radius 1 is 1.24 bits per heavy atom. The first-order chi connectivity index (χ1) is 12.2. The predicted molar refractivity (Wildman–Crippen MR) is 98.7 cm³/mol. The summed E-state index contributed by atoms with van der Waals surface area (Å²) < 4.78 is 7.84. The zero-order chi connectivity index (χ0) is 17.6. The van der Waals surface area contributed by atoms with E-state index in [1.807, 2.05) is 42.6 Å². The third kappa shape index (κ3) is 4.18. The number of aryl methyl sites for hydroxylation is 1. The van der Waals surface area contributed by atoms with Gasteiger partial charge in [-0.2, -0.15) is 0 Å². The molecule has 0 aliphatic carbocycles. The van der Waals surface area contributed by atoms with Gasteiger partial charge in [-0.1, -0.05) is 37.3 Å². The van der Waals surface area contributed by atoms with E-state index < -0.39 is 6.10 Å². The van der Waals surface area contributed by atoms with E-state index in [1.54, 1.807) is 13.1 Å². The molecule has 1 amide bonds. The number of imidazole rings is 1. The van der Waals surface area contributed by atoms with Crippen LogP contribution in [0.15, 0.2) is 54.9 Å². The molecule has 0 unspecified atom stereocenters. The van der Waals surface area contributed by atoms with Gasteiger partial charge in [-0.05, 0) is 29.8 Å². The Morgan fingerprint density at radius 3 is 2.84 bits per heavy atom. The maximum Gasteiger partial charge on any atom is 0.260 e. The van der Waals surface area contributed by atoms with Gasteiger partial charge in [0.25, 0.3) is 5.91 Å². The number of hydrogen-bond donors (Lipinski definition) is 1. The summed E-state index contributed by atoms with van der Waals surface area (Å²) in [5.41, 5.74) is 0. The summed E-state index contributed by atoms with van der Waals surface area (Å²) in [6, 6.07) is 13.9. The molecule has 0 saturated heterocycles. The van der Waals surface area contributed by atoms with E-state index in [0.717, 1.165) is 23.0 Å². The lowest BCUT2D eigenvalue weighted by Gasteiger charge is -2.15. The van der Waals surface area contributed by atoms with Gasteiger partial charge in [0.2, 0.25) is 0 Å². The summed E-state index contributed by atoms with van der Waals surface area (Å²) in [6.45, 7) is 5.08. The largest absolute Gasteiger partial charge is 0.481 e. The molecule has 5 nitrogen and oxygen atoms in total. The van der Waals surface area contributed by atoms with Gasteiger partial charge in [0.1, 0.15) is 11.6 Å². The number of fused-ring (bicyclic) bond motifs is 1. The Morgan fingerprint density at radius 2 is 2.04 bits per heavy atom. The summed E-state index contributed by atoms with van der Waals surface area (Å²) in [5.74, 6) is 1.60. The highest BCUT2D eigenvalue weighted by molar-refractivity contribution is 5.84. The Balaban J connectivity index is 1.53. The Kier molecular flexibility index (Phi) is 5.33. The first-order valence-corrected chi connectivity index (χ1v) is 8.60. The van der Waals surface area contributed by atoms with Crippen LogP contribution < -0.4 is 10.1 Å². The van der Waals surface area contributed by atoms with Gasteiger partial charge in [0, 0.05) is 31.9 Å². The van der Waals surface area contributed by atoms with E-state index in [9.17, 15) is 4.79 Å². The van der Waals surface area contributed by atoms with E-state index in [2.05, 4.69) is 27.9 Å². The molecule has 0 aliphatic rings. The van der Waals surface area contributed by atoms with Crippen LogP contribution in [-0.4, -0.2) is 28.1 Å². The molecule has 0 saturated carbocycles. The fourth-order valence-electron chi connectivity index (χ4n) is 2.80. The third-order valence-electron chi connectivity index (χ3n) is 4.17. The summed E-state index contributed by atoms with van der Waals surface area (Å²) in [7, 11) is 0. The fourth-order valence-corrected chi connectivity index (χ4v) is 2.80. The average Bonchev–Trinajstić information content (AvgIpc) is 3.09. The number of hydrogen-bond acceptors (Lipinski definition) is 3. The van der Waals surface area contributed by atoms with Gasteiger partial charge in [0.15, 0.2) is 6.10 Å². The second-order valence-corrected chi connectivity index (χ2v) is 5.95. The van der Waals surface area contributed by atoms with Crippen molar-refractivity contribution < 1.29 is 9.53 Å². The Hall–Kier alpha value is -2.82. The van der Waals surface area contributed by atoms with Crippen LogP contribution in [0.1, 0.15) is 19.7 Å². The van der Waals surface area contributed by atoms with Gasteiger partial charge in [-0.3, -0.25) is 4.79 Å². The molecule has 3 rings (SSSR count). The highest BCUT2D eigenvalue weighted by Crippen LogP contribution is 2.21. The van der Waals surface area contributed by atoms with Crippen LogP contribution in [0.3, 0.4) is 0 Å². The first-order valence-electron chi connectivity index (χ1n) is 8.60. The summed E-state index contributed by atoms with van der Waals surface area (Å²) in [6.07, 6.45) is 4.05. The van der Waals surface area contributed by atoms with Crippen molar-refractivity contribution in [3.8, 4) is 5.75 Å². The smallest absolute Gasteiger partial charge is 0.260 e. The van der Waals surface area contributed by atoms with Gasteiger partial charge in [-0.25, -0.2) is 4.98 Å². The average molecular weight is 337 g/mol. The zero-order valence-electron chi connectivity index (χ0n) is 14.6.